The molecule has 0 atom stereocenters. The number of methoxy groups -OCH3 is 1. The molecule has 3 rings (SSSR count). The molecule has 11 heteroatoms. The molecule has 0 aliphatic carbocycles. The molecule has 0 aliphatic heterocycles. The van der Waals surface area contributed by atoms with Gasteiger partial charge >= 0.3 is 18.0 Å². The lowest BCUT2D eigenvalue weighted by Gasteiger charge is -2.03. The SMILES string of the molecule is COC(=O)c1ccnn1Cc1ccc(-c2noc(C(F)(F)F)n2)s1. The average molecular weight is 358 g/mol. The largest absolute Gasteiger partial charge is 0.471 e. The molecule has 3 aromatic rings. The van der Waals surface area contributed by atoms with Gasteiger partial charge in [0.15, 0.2) is 0 Å². The molecular formula is C13H9F3N4O3S. The van der Waals surface area contributed by atoms with Gasteiger partial charge in [0.2, 0.25) is 5.82 Å². The van der Waals surface area contributed by atoms with E-state index in [1.165, 1.54) is 35.4 Å². The Bertz CT molecular complexity index is 868. The van der Waals surface area contributed by atoms with Crippen LogP contribution in [0.4, 0.5) is 13.2 Å². The maximum absolute atomic E-state index is 12.5. The monoisotopic (exact) mass is 358 g/mol. The van der Waals surface area contributed by atoms with E-state index in [2.05, 4.69) is 24.5 Å². The first-order valence-electron chi connectivity index (χ1n) is 6.48. The van der Waals surface area contributed by atoms with Crippen molar-refractivity contribution in [3.8, 4) is 10.7 Å². The summed E-state index contributed by atoms with van der Waals surface area (Å²) in [4.78, 5) is 16.1. The maximum Gasteiger partial charge on any atom is 0.471 e. The number of ether oxygens (including phenoxy) is 1. The third-order valence-electron chi connectivity index (χ3n) is 2.97. The van der Waals surface area contributed by atoms with Crippen LogP contribution in [0.3, 0.4) is 0 Å². The van der Waals surface area contributed by atoms with Crippen LogP contribution in [0.25, 0.3) is 10.7 Å². The Morgan fingerprint density at radius 1 is 1.38 bits per heavy atom. The van der Waals surface area contributed by atoms with E-state index < -0.39 is 18.0 Å². The summed E-state index contributed by atoms with van der Waals surface area (Å²) in [5.74, 6) is -2.07. The highest BCUT2D eigenvalue weighted by molar-refractivity contribution is 7.15. The van der Waals surface area contributed by atoms with E-state index in [9.17, 15) is 18.0 Å². The minimum absolute atomic E-state index is 0.146. The molecule has 0 unspecified atom stereocenters. The van der Waals surface area contributed by atoms with E-state index in [0.29, 0.717) is 4.88 Å². The normalized spacial score (nSPS) is 11.7. The van der Waals surface area contributed by atoms with Crippen LogP contribution in [-0.2, 0) is 17.5 Å². The zero-order valence-electron chi connectivity index (χ0n) is 12.1. The summed E-state index contributed by atoms with van der Waals surface area (Å²) in [5.41, 5.74) is 0.270. The molecule has 0 N–H and O–H groups in total. The molecule has 0 fully saturated rings. The number of esters is 1. The summed E-state index contributed by atoms with van der Waals surface area (Å²) in [5, 5.41) is 7.35. The zero-order chi connectivity index (χ0) is 17.3. The standard InChI is InChI=1S/C13H9F3N4O3S/c1-22-11(21)8-4-5-17-20(8)6-7-2-3-9(24-7)10-18-12(23-19-10)13(14,15)16/h2-5H,6H2,1H3. The van der Waals surface area contributed by atoms with E-state index in [1.54, 1.807) is 12.1 Å². The number of nitrogens with zero attached hydrogens (tertiary/aromatic N) is 4. The minimum Gasteiger partial charge on any atom is -0.464 e. The molecule has 0 saturated carbocycles. The predicted molar refractivity (Wildman–Crippen MR) is 75.3 cm³/mol. The number of carbonyl (C=O) groups excluding carboxylic acids is 1. The molecule has 0 spiro atoms. The van der Waals surface area contributed by atoms with Crippen molar-refractivity contribution < 1.29 is 27.2 Å². The van der Waals surface area contributed by atoms with Gasteiger partial charge in [-0.25, -0.2) is 4.79 Å². The fraction of sp³-hybridized carbons (Fsp3) is 0.231. The van der Waals surface area contributed by atoms with Crippen LogP contribution in [0.1, 0.15) is 21.3 Å². The summed E-state index contributed by atoms with van der Waals surface area (Å²) in [6.07, 6.45) is -3.23. The summed E-state index contributed by atoms with van der Waals surface area (Å²) in [6.45, 7) is 0.256. The molecule has 0 radical (unpaired) electrons. The molecule has 24 heavy (non-hydrogen) atoms. The Morgan fingerprint density at radius 3 is 2.83 bits per heavy atom. The number of rotatable bonds is 4. The van der Waals surface area contributed by atoms with Crippen molar-refractivity contribution in [2.75, 3.05) is 7.11 Å². The number of thiophene rings is 1. The first-order chi connectivity index (χ1) is 11.4. The summed E-state index contributed by atoms with van der Waals surface area (Å²) in [6, 6.07) is 4.77. The third kappa shape index (κ3) is 3.15. The Labute approximate surface area is 136 Å². The Hall–Kier alpha value is -2.69. The predicted octanol–water partition coefficient (Wildman–Crippen LogP) is 2.85. The number of carbonyl (C=O) groups is 1. The molecule has 0 amide bonds. The van der Waals surface area contributed by atoms with E-state index in [4.69, 9.17) is 0 Å². The van der Waals surface area contributed by atoms with Crippen molar-refractivity contribution in [1.82, 2.24) is 19.9 Å². The van der Waals surface area contributed by atoms with Crippen molar-refractivity contribution >= 4 is 17.3 Å². The van der Waals surface area contributed by atoms with Gasteiger partial charge in [-0.3, -0.25) is 4.68 Å². The molecule has 0 aromatic carbocycles. The van der Waals surface area contributed by atoms with Crippen molar-refractivity contribution in [3.05, 3.63) is 40.9 Å². The number of aromatic nitrogens is 4. The second kappa shape index (κ2) is 6.07. The minimum atomic E-state index is -4.68. The molecule has 3 heterocycles. The van der Waals surface area contributed by atoms with Crippen LogP contribution in [-0.4, -0.2) is 33.0 Å². The van der Waals surface area contributed by atoms with Crippen molar-refractivity contribution in [3.63, 3.8) is 0 Å². The van der Waals surface area contributed by atoms with Crippen LogP contribution >= 0.6 is 11.3 Å². The van der Waals surface area contributed by atoms with Crippen LogP contribution in [0.2, 0.25) is 0 Å². The highest BCUT2D eigenvalue weighted by Gasteiger charge is 2.38. The lowest BCUT2D eigenvalue weighted by molar-refractivity contribution is -0.159. The Morgan fingerprint density at radius 2 is 2.17 bits per heavy atom. The van der Waals surface area contributed by atoms with E-state index in [1.807, 2.05) is 0 Å². The van der Waals surface area contributed by atoms with Gasteiger partial charge < -0.3 is 9.26 Å². The molecular weight excluding hydrogens is 349 g/mol. The zero-order valence-corrected chi connectivity index (χ0v) is 12.9. The van der Waals surface area contributed by atoms with Gasteiger partial charge in [0, 0.05) is 11.1 Å². The van der Waals surface area contributed by atoms with E-state index in [-0.39, 0.29) is 18.1 Å². The second-order valence-corrected chi connectivity index (χ2v) is 5.72. The Balaban J connectivity index is 1.80. The van der Waals surface area contributed by atoms with Gasteiger partial charge in [-0.2, -0.15) is 23.3 Å². The maximum atomic E-state index is 12.5. The number of hydrogen-bond acceptors (Lipinski definition) is 7. The topological polar surface area (TPSA) is 83.0 Å². The van der Waals surface area contributed by atoms with Crippen LogP contribution in [0, 0.1) is 0 Å². The first kappa shape index (κ1) is 16.2. The fourth-order valence-corrected chi connectivity index (χ4v) is 2.82. The molecule has 7 nitrogen and oxygen atoms in total. The van der Waals surface area contributed by atoms with Crippen LogP contribution in [0.5, 0.6) is 0 Å². The number of alkyl halides is 3. The van der Waals surface area contributed by atoms with Crippen LogP contribution < -0.4 is 0 Å². The fourth-order valence-electron chi connectivity index (χ4n) is 1.91. The lowest BCUT2D eigenvalue weighted by atomic mass is 10.4. The van der Waals surface area contributed by atoms with Gasteiger partial charge in [-0.1, -0.05) is 5.16 Å². The molecule has 0 saturated heterocycles. The number of halogens is 3. The molecule has 0 aliphatic rings. The molecule has 3 aromatic heterocycles. The van der Waals surface area contributed by atoms with Gasteiger partial charge in [-0.05, 0) is 18.2 Å². The molecule has 126 valence electrons. The van der Waals surface area contributed by atoms with Crippen molar-refractivity contribution in [1.29, 1.82) is 0 Å². The third-order valence-corrected chi connectivity index (χ3v) is 4.03. The van der Waals surface area contributed by atoms with E-state index in [0.717, 1.165) is 4.88 Å². The van der Waals surface area contributed by atoms with Gasteiger partial charge in [0.1, 0.15) is 5.69 Å². The lowest BCUT2D eigenvalue weighted by Crippen LogP contribution is -2.12. The van der Waals surface area contributed by atoms with Gasteiger partial charge in [0.05, 0.1) is 18.5 Å². The average Bonchev–Trinajstić information content (AvgIpc) is 3.25. The second-order valence-electron chi connectivity index (χ2n) is 4.55. The quantitative estimate of drug-likeness (QED) is 0.667. The van der Waals surface area contributed by atoms with E-state index >= 15 is 0 Å². The van der Waals surface area contributed by atoms with Gasteiger partial charge in [0.25, 0.3) is 0 Å². The molecule has 0 bridgehead atoms. The first-order valence-corrected chi connectivity index (χ1v) is 7.30. The Kier molecular flexibility index (Phi) is 4.09. The van der Waals surface area contributed by atoms with Crippen molar-refractivity contribution in [2.24, 2.45) is 0 Å². The van der Waals surface area contributed by atoms with Crippen molar-refractivity contribution in [2.45, 2.75) is 12.7 Å². The highest BCUT2D eigenvalue weighted by Crippen LogP contribution is 2.31. The smallest absolute Gasteiger partial charge is 0.464 e. The summed E-state index contributed by atoms with van der Waals surface area (Å²) in [7, 11) is 1.26. The summed E-state index contributed by atoms with van der Waals surface area (Å²) < 4.78 is 47.7. The van der Waals surface area contributed by atoms with Gasteiger partial charge in [-0.15, -0.1) is 11.3 Å². The van der Waals surface area contributed by atoms with Crippen LogP contribution in [0.15, 0.2) is 28.9 Å². The summed E-state index contributed by atoms with van der Waals surface area (Å²) >= 11 is 1.17. The highest BCUT2D eigenvalue weighted by atomic mass is 32.1. The number of hydrogen-bond donors (Lipinski definition) is 0.